The second-order valence-electron chi connectivity index (χ2n) is 9.37. The lowest BCUT2D eigenvalue weighted by atomic mass is 9.81. The average Bonchev–Trinajstić information content (AvgIpc) is 3.35. The minimum Gasteiger partial charge on any atom is -0.374 e. The summed E-state index contributed by atoms with van der Waals surface area (Å²) in [6, 6.07) is 9.89. The largest absolute Gasteiger partial charge is 0.374 e. The number of carbonyl (C=O) groups is 1. The van der Waals surface area contributed by atoms with E-state index in [0.717, 1.165) is 71.3 Å². The van der Waals surface area contributed by atoms with Gasteiger partial charge in [0.1, 0.15) is 17.9 Å². The topological polar surface area (TPSA) is 91.2 Å². The first-order valence-corrected chi connectivity index (χ1v) is 13.0. The van der Waals surface area contributed by atoms with Crippen molar-refractivity contribution in [3.8, 4) is 10.6 Å². The normalized spacial score (nSPS) is 23.0. The monoisotopic (exact) mass is 477 g/mol. The number of nitrogens with zero attached hydrogens (tertiary/aromatic N) is 4. The number of carbonyl (C=O) groups excluding carboxylic acids is 1. The lowest BCUT2D eigenvalue weighted by Gasteiger charge is -2.36. The van der Waals surface area contributed by atoms with Crippen LogP contribution in [-0.4, -0.2) is 43.6 Å². The molecule has 1 atom stereocenters. The fourth-order valence-electron chi connectivity index (χ4n) is 4.96. The van der Waals surface area contributed by atoms with Gasteiger partial charge in [-0.15, -0.1) is 11.3 Å². The third-order valence-electron chi connectivity index (χ3n) is 6.88. The molecule has 0 aromatic carbocycles. The first-order chi connectivity index (χ1) is 16.6. The van der Waals surface area contributed by atoms with E-state index in [9.17, 15) is 9.90 Å². The van der Waals surface area contributed by atoms with E-state index in [4.69, 9.17) is 9.97 Å². The van der Waals surface area contributed by atoms with Gasteiger partial charge >= 0.3 is 0 Å². The number of likely N-dealkylation sites (tertiary alicyclic amines) is 1. The fourth-order valence-corrected chi connectivity index (χ4v) is 6.02. The van der Waals surface area contributed by atoms with Crippen LogP contribution in [0, 0.1) is 12.8 Å². The van der Waals surface area contributed by atoms with E-state index in [2.05, 4.69) is 10.3 Å². The van der Waals surface area contributed by atoms with Crippen LogP contribution in [0.5, 0.6) is 0 Å². The highest BCUT2D eigenvalue weighted by atomic mass is 32.1. The molecule has 34 heavy (non-hydrogen) atoms. The van der Waals surface area contributed by atoms with Crippen molar-refractivity contribution >= 4 is 28.9 Å². The van der Waals surface area contributed by atoms with Gasteiger partial charge in [-0.2, -0.15) is 0 Å². The number of aliphatic hydroxyl groups excluding tert-OH is 1. The maximum atomic E-state index is 12.9. The average molecular weight is 478 g/mol. The Morgan fingerprint density at radius 3 is 2.74 bits per heavy atom. The lowest BCUT2D eigenvalue weighted by molar-refractivity contribution is -0.149. The molecule has 5 rings (SSSR count). The number of aliphatic hydroxyl groups is 1. The minimum absolute atomic E-state index is 0.0306. The summed E-state index contributed by atoms with van der Waals surface area (Å²) in [5.41, 5.74) is 2.04. The molecule has 1 saturated carbocycles. The molecule has 2 N–H and O–H groups in total. The van der Waals surface area contributed by atoms with Gasteiger partial charge in [-0.3, -0.25) is 4.79 Å². The van der Waals surface area contributed by atoms with E-state index in [1.54, 1.807) is 22.4 Å². The van der Waals surface area contributed by atoms with Crippen molar-refractivity contribution in [1.29, 1.82) is 0 Å². The van der Waals surface area contributed by atoms with Gasteiger partial charge in [0.15, 0.2) is 0 Å². The zero-order valence-electron chi connectivity index (χ0n) is 19.5. The number of rotatable bonds is 5. The molecule has 0 radical (unpaired) electrons. The molecule has 178 valence electrons. The number of pyridine rings is 2. The van der Waals surface area contributed by atoms with Crippen LogP contribution < -0.4 is 5.32 Å². The fraction of sp³-hybridized carbons (Fsp3) is 0.462. The molecule has 4 heterocycles. The number of piperidine rings is 1. The van der Waals surface area contributed by atoms with Crippen molar-refractivity contribution < 1.29 is 9.90 Å². The van der Waals surface area contributed by atoms with Crippen LogP contribution in [0.25, 0.3) is 10.6 Å². The molecule has 1 unspecified atom stereocenters. The van der Waals surface area contributed by atoms with Gasteiger partial charge in [-0.05, 0) is 81.7 Å². The van der Waals surface area contributed by atoms with E-state index < -0.39 is 6.23 Å². The number of anilines is 2. The summed E-state index contributed by atoms with van der Waals surface area (Å²) in [5.74, 6) is 2.08. The highest BCUT2D eigenvalue weighted by molar-refractivity contribution is 7.15. The van der Waals surface area contributed by atoms with E-state index in [0.29, 0.717) is 18.9 Å². The van der Waals surface area contributed by atoms with Crippen LogP contribution in [0.15, 0.2) is 42.7 Å². The van der Waals surface area contributed by atoms with Gasteiger partial charge in [0.2, 0.25) is 5.91 Å². The zero-order chi connectivity index (χ0) is 23.5. The molecule has 8 heteroatoms. The van der Waals surface area contributed by atoms with Crippen LogP contribution in [0.2, 0.25) is 0 Å². The smallest absolute Gasteiger partial charge is 0.227 e. The van der Waals surface area contributed by atoms with Gasteiger partial charge in [-0.1, -0.05) is 6.07 Å². The van der Waals surface area contributed by atoms with E-state index >= 15 is 0 Å². The Kier molecular flexibility index (Phi) is 6.87. The number of thiazole rings is 1. The number of aromatic nitrogens is 3. The second-order valence-corrected chi connectivity index (χ2v) is 10.4. The van der Waals surface area contributed by atoms with Crippen LogP contribution in [0.4, 0.5) is 11.6 Å². The Bertz CT molecular complexity index is 1140. The highest BCUT2D eigenvalue weighted by Crippen LogP contribution is 2.40. The van der Waals surface area contributed by atoms with Crippen LogP contribution in [0.1, 0.15) is 61.4 Å². The summed E-state index contributed by atoms with van der Waals surface area (Å²) in [6.45, 7) is 2.73. The summed E-state index contributed by atoms with van der Waals surface area (Å²) in [5, 5.41) is 14.6. The van der Waals surface area contributed by atoms with Crippen molar-refractivity contribution in [3.05, 3.63) is 53.3 Å². The van der Waals surface area contributed by atoms with Gasteiger partial charge < -0.3 is 15.3 Å². The van der Waals surface area contributed by atoms with Gasteiger partial charge in [-0.25, -0.2) is 15.0 Å². The molecule has 7 nitrogen and oxygen atoms in total. The quantitative estimate of drug-likeness (QED) is 0.521. The van der Waals surface area contributed by atoms with E-state index in [-0.39, 0.29) is 11.8 Å². The summed E-state index contributed by atoms with van der Waals surface area (Å²) >= 11 is 1.70. The van der Waals surface area contributed by atoms with Crippen LogP contribution in [-0.2, 0) is 4.79 Å². The number of amides is 1. The maximum Gasteiger partial charge on any atom is 0.227 e. The molecule has 3 aromatic rings. The van der Waals surface area contributed by atoms with Crippen LogP contribution >= 0.6 is 11.3 Å². The standard InChI is InChI=1S/C26H31N5O2S/c1-17-12-13-27-23(15-17)30-22-6-4-5-20(29-22)21-16-28-25(34-21)18-8-10-19(11-9-18)26(33)31-14-3-2-7-24(31)32/h4-6,12-13,15-16,18-19,24,32H,2-3,7-11,14H2,1H3,(H,27,29,30). The summed E-state index contributed by atoms with van der Waals surface area (Å²) < 4.78 is 0. The van der Waals surface area contributed by atoms with Gasteiger partial charge in [0.25, 0.3) is 0 Å². The number of aryl methyl sites for hydroxylation is 1. The molecule has 1 aliphatic carbocycles. The van der Waals surface area contributed by atoms with E-state index in [1.165, 1.54) is 0 Å². The predicted octanol–water partition coefficient (Wildman–Crippen LogP) is 5.26. The Hall–Kier alpha value is -2.84. The molecule has 0 spiro atoms. The summed E-state index contributed by atoms with van der Waals surface area (Å²) in [4.78, 5) is 29.5. The SMILES string of the molecule is Cc1ccnc(Nc2cccc(-c3cnc(C4CCC(C(=O)N5CCCCC5O)CC4)s3)n2)c1. The Labute approximate surface area is 204 Å². The molecule has 1 amide bonds. The predicted molar refractivity (Wildman–Crippen MR) is 134 cm³/mol. The molecule has 2 aliphatic rings. The minimum atomic E-state index is -0.597. The second kappa shape index (κ2) is 10.2. The molecular weight excluding hydrogens is 446 g/mol. The van der Waals surface area contributed by atoms with Crippen molar-refractivity contribution in [2.75, 3.05) is 11.9 Å². The highest BCUT2D eigenvalue weighted by Gasteiger charge is 2.34. The van der Waals surface area contributed by atoms with Crippen molar-refractivity contribution in [2.24, 2.45) is 5.92 Å². The Morgan fingerprint density at radius 2 is 1.94 bits per heavy atom. The first-order valence-electron chi connectivity index (χ1n) is 12.2. The molecule has 2 fully saturated rings. The zero-order valence-corrected chi connectivity index (χ0v) is 20.3. The van der Waals surface area contributed by atoms with Crippen molar-refractivity contribution in [3.63, 3.8) is 0 Å². The third-order valence-corrected chi connectivity index (χ3v) is 8.06. The Morgan fingerprint density at radius 1 is 1.09 bits per heavy atom. The van der Waals surface area contributed by atoms with Gasteiger partial charge in [0, 0.05) is 30.8 Å². The maximum absolute atomic E-state index is 12.9. The molecule has 1 aliphatic heterocycles. The molecule has 3 aromatic heterocycles. The summed E-state index contributed by atoms with van der Waals surface area (Å²) in [6.07, 6.45) is 9.45. The third kappa shape index (κ3) is 5.13. The van der Waals surface area contributed by atoms with Gasteiger partial charge in [0.05, 0.1) is 15.6 Å². The number of hydrogen-bond donors (Lipinski definition) is 2. The molecule has 0 bridgehead atoms. The first kappa shape index (κ1) is 22.9. The van der Waals surface area contributed by atoms with Crippen LogP contribution in [0.3, 0.4) is 0 Å². The number of hydrogen-bond acceptors (Lipinski definition) is 7. The molecule has 1 saturated heterocycles. The van der Waals surface area contributed by atoms with E-state index in [1.807, 2.05) is 43.5 Å². The van der Waals surface area contributed by atoms with Crippen molar-refractivity contribution in [1.82, 2.24) is 19.9 Å². The molecular formula is C26H31N5O2S. The number of nitrogens with one attached hydrogen (secondary N) is 1. The summed E-state index contributed by atoms with van der Waals surface area (Å²) in [7, 11) is 0. The Balaban J connectivity index is 1.21. The lowest BCUT2D eigenvalue weighted by Crippen LogP contribution is -2.46. The van der Waals surface area contributed by atoms with Crippen molar-refractivity contribution in [2.45, 2.75) is 64.0 Å².